The van der Waals surface area contributed by atoms with E-state index in [2.05, 4.69) is 5.10 Å². The summed E-state index contributed by atoms with van der Waals surface area (Å²) < 4.78 is 35.1. The number of benzene rings is 1. The summed E-state index contributed by atoms with van der Waals surface area (Å²) in [5, 5.41) is 4.64. The van der Waals surface area contributed by atoms with Crippen LogP contribution in [0, 0.1) is 0 Å². The molecule has 0 aliphatic heterocycles. The van der Waals surface area contributed by atoms with Crippen LogP contribution < -0.4 is 0 Å². The molecule has 0 aliphatic rings. The number of nitrogens with zero attached hydrogens (tertiary/aromatic N) is 2. The Morgan fingerprint density at radius 2 is 2.07 bits per heavy atom. The predicted octanol–water partition coefficient (Wildman–Crippen LogP) is 1.37. The molecule has 4 nitrogen and oxygen atoms in total. The summed E-state index contributed by atoms with van der Waals surface area (Å²) in [4.78, 5) is 0. The summed E-state index contributed by atoms with van der Waals surface area (Å²) >= 11 is 0. The zero-order valence-corrected chi connectivity index (χ0v) is 8.83. The molecular weight excluding hydrogens is 219 g/mol. The predicted molar refractivity (Wildman–Crippen MR) is 54.4 cm³/mol. The van der Waals surface area contributed by atoms with Gasteiger partial charge in [-0.25, -0.2) is 0 Å². The van der Waals surface area contributed by atoms with E-state index in [1.807, 2.05) is 6.07 Å². The molecule has 0 unspecified atom stereocenters. The first-order valence-corrected chi connectivity index (χ1v) is 5.85. The Hall–Kier alpha value is -1.43. The van der Waals surface area contributed by atoms with Crippen LogP contribution in [0.4, 0.5) is 3.89 Å². The minimum atomic E-state index is -4.53. The number of fused-ring (bicyclic) bond motifs is 1. The van der Waals surface area contributed by atoms with Crippen molar-refractivity contribution in [1.29, 1.82) is 0 Å². The highest BCUT2D eigenvalue weighted by molar-refractivity contribution is 7.85. The average Bonchev–Trinajstić information content (AvgIpc) is 2.42. The minimum Gasteiger partial charge on any atom is -0.268 e. The second-order valence-corrected chi connectivity index (χ2v) is 4.64. The van der Waals surface area contributed by atoms with Gasteiger partial charge < -0.3 is 0 Å². The highest BCUT2D eigenvalue weighted by atomic mass is 32.3. The van der Waals surface area contributed by atoms with E-state index in [1.165, 1.54) is 4.68 Å². The van der Waals surface area contributed by atoms with Crippen LogP contribution in [0.15, 0.2) is 24.3 Å². The number of rotatable bonds is 2. The zero-order chi connectivity index (χ0) is 11.1. The fourth-order valence-electron chi connectivity index (χ4n) is 1.56. The van der Waals surface area contributed by atoms with Crippen LogP contribution in [0.5, 0.6) is 0 Å². The van der Waals surface area contributed by atoms with E-state index in [9.17, 15) is 12.3 Å². The first-order chi connectivity index (χ1) is 6.97. The van der Waals surface area contributed by atoms with E-state index in [0.29, 0.717) is 5.39 Å². The zero-order valence-electron chi connectivity index (χ0n) is 8.01. The maximum Gasteiger partial charge on any atom is 0.308 e. The molecule has 0 radical (unpaired) electrons. The minimum absolute atomic E-state index is 0.246. The molecule has 2 rings (SSSR count). The lowest BCUT2D eigenvalue weighted by molar-refractivity contribution is 0.550. The third-order valence-corrected chi connectivity index (χ3v) is 2.76. The summed E-state index contributed by atoms with van der Waals surface area (Å²) in [7, 11) is -2.84. The van der Waals surface area contributed by atoms with Crippen molar-refractivity contribution in [3.05, 3.63) is 30.0 Å². The van der Waals surface area contributed by atoms with Gasteiger partial charge in [-0.05, 0) is 6.07 Å². The number of aryl methyl sites for hydroxylation is 1. The van der Waals surface area contributed by atoms with Crippen LogP contribution in [-0.2, 0) is 23.0 Å². The molecule has 0 spiro atoms. The molecule has 0 N–H and O–H groups in total. The third kappa shape index (κ3) is 1.99. The van der Waals surface area contributed by atoms with Crippen molar-refractivity contribution in [3.8, 4) is 0 Å². The number of halogens is 1. The molecule has 6 heteroatoms. The number of para-hydroxylation sites is 1. The smallest absolute Gasteiger partial charge is 0.268 e. The Balaban J connectivity index is 2.62. The van der Waals surface area contributed by atoms with Crippen LogP contribution in [0.1, 0.15) is 5.69 Å². The summed E-state index contributed by atoms with van der Waals surface area (Å²) in [5.74, 6) is -0.672. The van der Waals surface area contributed by atoms with Crippen molar-refractivity contribution < 1.29 is 12.3 Å². The maximum atomic E-state index is 12.5. The largest absolute Gasteiger partial charge is 0.308 e. The van der Waals surface area contributed by atoms with Gasteiger partial charge in [-0.15, -0.1) is 3.89 Å². The lowest BCUT2D eigenvalue weighted by atomic mass is 10.2. The summed E-state index contributed by atoms with van der Waals surface area (Å²) in [6, 6.07) is 7.11. The molecule has 0 bridgehead atoms. The number of hydrogen-bond donors (Lipinski definition) is 0. The van der Waals surface area contributed by atoms with Crippen molar-refractivity contribution in [2.45, 2.75) is 5.75 Å². The molecular formula is C9H9FN2O2S. The van der Waals surface area contributed by atoms with Crippen molar-refractivity contribution >= 4 is 21.1 Å². The molecule has 15 heavy (non-hydrogen) atoms. The topological polar surface area (TPSA) is 52.0 Å². The van der Waals surface area contributed by atoms with Gasteiger partial charge in [0.15, 0.2) is 0 Å². The molecule has 0 fully saturated rings. The summed E-state index contributed by atoms with van der Waals surface area (Å²) in [5.41, 5.74) is 1.03. The highest BCUT2D eigenvalue weighted by Gasteiger charge is 2.15. The lowest BCUT2D eigenvalue weighted by Gasteiger charge is -1.91. The third-order valence-electron chi connectivity index (χ3n) is 2.14. The summed E-state index contributed by atoms with van der Waals surface area (Å²) in [6.45, 7) is 0. The van der Waals surface area contributed by atoms with Crippen molar-refractivity contribution in [3.63, 3.8) is 0 Å². The molecule has 0 saturated heterocycles. The Labute approximate surface area is 86.5 Å². The standard InChI is InChI=1S/C9H9FN2O2S/c1-12-9-5-3-2-4-7(9)8(11-12)6-15(10,13)14/h2-5H,6H2,1H3. The van der Waals surface area contributed by atoms with Crippen LogP contribution >= 0.6 is 0 Å². The monoisotopic (exact) mass is 228 g/mol. The molecule has 80 valence electrons. The number of aromatic nitrogens is 2. The lowest BCUT2D eigenvalue weighted by Crippen LogP contribution is -1.98. The van der Waals surface area contributed by atoms with Gasteiger partial charge in [-0.3, -0.25) is 4.68 Å². The SMILES string of the molecule is Cn1nc(CS(=O)(=O)F)c2ccccc21. The molecule has 2 aromatic rings. The van der Waals surface area contributed by atoms with Gasteiger partial charge >= 0.3 is 10.2 Å². The first kappa shape index (κ1) is 10.1. The van der Waals surface area contributed by atoms with E-state index in [1.54, 1.807) is 25.2 Å². The van der Waals surface area contributed by atoms with Crippen molar-refractivity contribution in [1.82, 2.24) is 9.78 Å². The van der Waals surface area contributed by atoms with Crippen molar-refractivity contribution in [2.75, 3.05) is 0 Å². The Bertz CT molecular complexity index is 604. The van der Waals surface area contributed by atoms with Gasteiger partial charge in [0, 0.05) is 12.4 Å². The quantitative estimate of drug-likeness (QED) is 0.729. The van der Waals surface area contributed by atoms with Gasteiger partial charge in [0.25, 0.3) is 0 Å². The molecule has 0 atom stereocenters. The summed E-state index contributed by atoms with van der Waals surface area (Å²) in [6.07, 6.45) is 0. The van der Waals surface area contributed by atoms with E-state index in [-0.39, 0.29) is 5.69 Å². The Morgan fingerprint density at radius 3 is 2.73 bits per heavy atom. The first-order valence-electron chi connectivity index (χ1n) is 4.30. The van der Waals surface area contributed by atoms with Crippen LogP contribution in [0.2, 0.25) is 0 Å². The molecule has 1 aromatic heterocycles. The molecule has 0 saturated carbocycles. The number of hydrogen-bond acceptors (Lipinski definition) is 3. The van der Waals surface area contributed by atoms with Gasteiger partial charge in [0.1, 0.15) is 5.75 Å². The van der Waals surface area contributed by atoms with Crippen LogP contribution in [-0.4, -0.2) is 18.2 Å². The fraction of sp³-hybridized carbons (Fsp3) is 0.222. The average molecular weight is 228 g/mol. The highest BCUT2D eigenvalue weighted by Crippen LogP contribution is 2.19. The van der Waals surface area contributed by atoms with Crippen LogP contribution in [0.3, 0.4) is 0 Å². The second kappa shape index (κ2) is 3.30. The van der Waals surface area contributed by atoms with E-state index >= 15 is 0 Å². The van der Waals surface area contributed by atoms with Gasteiger partial charge in [-0.1, -0.05) is 18.2 Å². The van der Waals surface area contributed by atoms with Gasteiger partial charge in [-0.2, -0.15) is 13.5 Å². The molecule has 1 heterocycles. The second-order valence-electron chi connectivity index (χ2n) is 3.27. The van der Waals surface area contributed by atoms with E-state index in [0.717, 1.165) is 5.52 Å². The normalized spacial score (nSPS) is 12.1. The Morgan fingerprint density at radius 1 is 1.40 bits per heavy atom. The van der Waals surface area contributed by atoms with Gasteiger partial charge in [0.05, 0.1) is 11.2 Å². The van der Waals surface area contributed by atoms with E-state index in [4.69, 9.17) is 0 Å². The van der Waals surface area contributed by atoms with E-state index < -0.39 is 16.0 Å². The Kier molecular flexibility index (Phi) is 2.22. The molecule has 1 aromatic carbocycles. The van der Waals surface area contributed by atoms with Crippen LogP contribution in [0.25, 0.3) is 10.9 Å². The molecule has 0 amide bonds. The maximum absolute atomic E-state index is 12.5. The molecule has 0 aliphatic carbocycles. The fourth-order valence-corrected chi connectivity index (χ4v) is 2.10. The van der Waals surface area contributed by atoms with Crippen molar-refractivity contribution in [2.24, 2.45) is 7.05 Å². The van der Waals surface area contributed by atoms with Gasteiger partial charge in [0.2, 0.25) is 0 Å².